The smallest absolute Gasteiger partial charge is 0.258 e. The molecule has 4 rings (SSSR count). The van der Waals surface area contributed by atoms with E-state index < -0.39 is 9.84 Å². The summed E-state index contributed by atoms with van der Waals surface area (Å²) in [7, 11) is -3.27. The van der Waals surface area contributed by atoms with Gasteiger partial charge in [-0.25, -0.2) is 13.4 Å². The van der Waals surface area contributed by atoms with E-state index in [2.05, 4.69) is 17.2 Å². The van der Waals surface area contributed by atoms with Crippen LogP contribution in [0.15, 0.2) is 28.5 Å². The standard InChI is InChI=1S/C18H18N2O3S3/c1-10-3-5-12-13(9-24-15(12)7-10)17(21)20-18-19-14-6-4-11(26(2,22)23)8-16(14)25-18/h4,6,8-10H,3,5,7H2,1-2H3,(H,19,20,21)/t10-/m0/s1. The van der Waals surface area contributed by atoms with Crippen molar-refractivity contribution in [1.82, 2.24) is 4.98 Å². The molecule has 8 heteroatoms. The fourth-order valence-electron chi connectivity index (χ4n) is 3.22. The van der Waals surface area contributed by atoms with Gasteiger partial charge in [-0.3, -0.25) is 10.1 Å². The predicted octanol–water partition coefficient (Wildman–Crippen LogP) is 4.14. The third-order valence-corrected chi connectivity index (χ3v) is 7.75. The monoisotopic (exact) mass is 406 g/mol. The van der Waals surface area contributed by atoms with Gasteiger partial charge in [-0.15, -0.1) is 11.3 Å². The molecule has 3 aromatic rings. The highest BCUT2D eigenvalue weighted by Gasteiger charge is 2.23. The lowest BCUT2D eigenvalue weighted by atomic mass is 9.88. The molecule has 0 fully saturated rings. The quantitative estimate of drug-likeness (QED) is 0.709. The van der Waals surface area contributed by atoms with E-state index in [0.29, 0.717) is 16.6 Å². The number of anilines is 1. The van der Waals surface area contributed by atoms with Gasteiger partial charge in [-0.2, -0.15) is 0 Å². The molecule has 0 spiro atoms. The fraction of sp³-hybridized carbons (Fsp3) is 0.333. The molecule has 2 heterocycles. The Morgan fingerprint density at radius 1 is 1.35 bits per heavy atom. The highest BCUT2D eigenvalue weighted by Crippen LogP contribution is 2.34. The number of amides is 1. The molecule has 5 nitrogen and oxygen atoms in total. The van der Waals surface area contributed by atoms with Crippen LogP contribution in [0.4, 0.5) is 5.13 Å². The Labute approximate surface area is 160 Å². The second kappa shape index (κ2) is 6.44. The van der Waals surface area contributed by atoms with Crippen molar-refractivity contribution in [3.05, 3.63) is 39.6 Å². The van der Waals surface area contributed by atoms with Gasteiger partial charge in [0.1, 0.15) is 0 Å². The van der Waals surface area contributed by atoms with Crippen molar-refractivity contribution in [1.29, 1.82) is 0 Å². The number of nitrogens with zero attached hydrogens (tertiary/aromatic N) is 1. The minimum Gasteiger partial charge on any atom is -0.298 e. The lowest BCUT2D eigenvalue weighted by molar-refractivity contribution is 0.102. The Bertz CT molecular complexity index is 1110. The van der Waals surface area contributed by atoms with Gasteiger partial charge >= 0.3 is 0 Å². The predicted molar refractivity (Wildman–Crippen MR) is 106 cm³/mol. The van der Waals surface area contributed by atoms with E-state index >= 15 is 0 Å². The highest BCUT2D eigenvalue weighted by atomic mass is 32.2. The van der Waals surface area contributed by atoms with Crippen molar-refractivity contribution < 1.29 is 13.2 Å². The average Bonchev–Trinajstić information content (AvgIpc) is 3.15. The maximum absolute atomic E-state index is 12.7. The van der Waals surface area contributed by atoms with Gasteiger partial charge in [0.05, 0.1) is 20.7 Å². The van der Waals surface area contributed by atoms with Crippen LogP contribution >= 0.6 is 22.7 Å². The van der Waals surface area contributed by atoms with Crippen molar-refractivity contribution in [3.63, 3.8) is 0 Å². The van der Waals surface area contributed by atoms with E-state index in [1.807, 2.05) is 5.38 Å². The number of thiophene rings is 1. The third kappa shape index (κ3) is 3.28. The maximum Gasteiger partial charge on any atom is 0.258 e. The zero-order valence-corrected chi connectivity index (χ0v) is 16.9. The molecule has 0 radical (unpaired) electrons. The van der Waals surface area contributed by atoms with E-state index in [4.69, 9.17) is 0 Å². The molecular formula is C18H18N2O3S3. The summed E-state index contributed by atoms with van der Waals surface area (Å²) >= 11 is 2.95. The summed E-state index contributed by atoms with van der Waals surface area (Å²) in [5, 5.41) is 5.30. The molecule has 1 aliphatic rings. The van der Waals surface area contributed by atoms with Gasteiger partial charge in [0.2, 0.25) is 0 Å². The lowest BCUT2D eigenvalue weighted by Crippen LogP contribution is -2.16. The number of rotatable bonds is 3. The number of aromatic nitrogens is 1. The molecule has 1 aromatic carbocycles. The van der Waals surface area contributed by atoms with Crippen LogP contribution in [0.25, 0.3) is 10.2 Å². The molecule has 136 valence electrons. The number of sulfone groups is 1. The second-order valence-electron chi connectivity index (χ2n) is 6.77. The first-order chi connectivity index (χ1) is 12.3. The summed E-state index contributed by atoms with van der Waals surface area (Å²) in [6.07, 6.45) is 4.28. The van der Waals surface area contributed by atoms with Crippen LogP contribution in [-0.2, 0) is 22.7 Å². The SMILES string of the molecule is C[C@H]1CCc2c(C(=O)Nc3nc4ccc(S(C)(=O)=O)cc4s3)csc2C1. The Hall–Kier alpha value is -1.77. The van der Waals surface area contributed by atoms with Gasteiger partial charge < -0.3 is 0 Å². The Kier molecular flexibility index (Phi) is 4.37. The van der Waals surface area contributed by atoms with E-state index in [-0.39, 0.29) is 10.8 Å². The van der Waals surface area contributed by atoms with Crippen LogP contribution < -0.4 is 5.32 Å². The summed E-state index contributed by atoms with van der Waals surface area (Å²) in [5.74, 6) is 0.532. The molecule has 26 heavy (non-hydrogen) atoms. The van der Waals surface area contributed by atoms with E-state index in [1.165, 1.54) is 28.0 Å². The summed E-state index contributed by atoms with van der Waals surface area (Å²) in [5.41, 5.74) is 2.60. The molecule has 0 saturated carbocycles. The Morgan fingerprint density at radius 2 is 2.15 bits per heavy atom. The van der Waals surface area contributed by atoms with Crippen molar-refractivity contribution in [2.45, 2.75) is 31.1 Å². The normalized spacial score (nSPS) is 17.2. The molecule has 2 aromatic heterocycles. The minimum absolute atomic E-state index is 0.139. The Balaban J connectivity index is 1.60. The Morgan fingerprint density at radius 3 is 2.92 bits per heavy atom. The topological polar surface area (TPSA) is 76.1 Å². The molecule has 1 amide bonds. The van der Waals surface area contributed by atoms with Gasteiger partial charge in [0.25, 0.3) is 5.91 Å². The molecule has 1 aliphatic carbocycles. The first-order valence-corrected chi connectivity index (χ1v) is 11.9. The number of thiazole rings is 1. The first kappa shape index (κ1) is 17.6. The third-order valence-electron chi connectivity index (χ3n) is 4.65. The number of hydrogen-bond acceptors (Lipinski definition) is 6. The molecule has 1 N–H and O–H groups in total. The number of hydrogen-bond donors (Lipinski definition) is 1. The van der Waals surface area contributed by atoms with Gasteiger partial charge in [-0.1, -0.05) is 18.3 Å². The van der Waals surface area contributed by atoms with Crippen molar-refractivity contribution in [3.8, 4) is 0 Å². The number of carbonyl (C=O) groups is 1. The summed E-state index contributed by atoms with van der Waals surface area (Å²) < 4.78 is 24.1. The van der Waals surface area contributed by atoms with Crippen molar-refractivity contribution in [2.75, 3.05) is 11.6 Å². The molecular weight excluding hydrogens is 388 g/mol. The average molecular weight is 407 g/mol. The maximum atomic E-state index is 12.7. The van der Waals surface area contributed by atoms with Gasteiger partial charge in [0.15, 0.2) is 15.0 Å². The second-order valence-corrected chi connectivity index (χ2v) is 10.8. The van der Waals surface area contributed by atoms with Crippen LogP contribution in [0, 0.1) is 5.92 Å². The van der Waals surface area contributed by atoms with E-state index in [0.717, 1.165) is 29.5 Å². The van der Waals surface area contributed by atoms with E-state index in [9.17, 15) is 13.2 Å². The largest absolute Gasteiger partial charge is 0.298 e. The summed E-state index contributed by atoms with van der Waals surface area (Å²) in [6.45, 7) is 2.24. The van der Waals surface area contributed by atoms with Crippen LogP contribution in [0.5, 0.6) is 0 Å². The lowest BCUT2D eigenvalue weighted by Gasteiger charge is -2.18. The van der Waals surface area contributed by atoms with Crippen LogP contribution in [-0.4, -0.2) is 25.6 Å². The van der Waals surface area contributed by atoms with E-state index in [1.54, 1.807) is 29.5 Å². The first-order valence-electron chi connectivity index (χ1n) is 8.32. The summed E-state index contributed by atoms with van der Waals surface area (Å²) in [4.78, 5) is 18.7. The molecule has 0 aliphatic heterocycles. The fourth-order valence-corrected chi connectivity index (χ4v) is 6.09. The zero-order chi connectivity index (χ0) is 18.5. The van der Waals surface area contributed by atoms with Gasteiger partial charge in [-0.05, 0) is 48.9 Å². The minimum atomic E-state index is -3.27. The molecule has 0 unspecified atom stereocenters. The zero-order valence-electron chi connectivity index (χ0n) is 14.4. The van der Waals surface area contributed by atoms with Crippen LogP contribution in [0.2, 0.25) is 0 Å². The van der Waals surface area contributed by atoms with Crippen LogP contribution in [0.1, 0.15) is 34.1 Å². The molecule has 0 bridgehead atoms. The van der Waals surface area contributed by atoms with Crippen molar-refractivity contribution in [2.24, 2.45) is 5.92 Å². The number of fused-ring (bicyclic) bond motifs is 2. The van der Waals surface area contributed by atoms with Crippen LogP contribution in [0.3, 0.4) is 0 Å². The number of nitrogens with one attached hydrogen (secondary N) is 1. The van der Waals surface area contributed by atoms with Gasteiger partial charge in [0, 0.05) is 16.5 Å². The van der Waals surface area contributed by atoms with Crippen molar-refractivity contribution >= 4 is 53.8 Å². The molecule has 1 atom stereocenters. The highest BCUT2D eigenvalue weighted by molar-refractivity contribution is 7.90. The molecule has 0 saturated heterocycles. The number of carbonyl (C=O) groups excluding carboxylic acids is 1. The summed E-state index contributed by atoms with van der Waals surface area (Å²) in [6, 6.07) is 4.82. The number of benzene rings is 1.